The van der Waals surface area contributed by atoms with Gasteiger partial charge in [-0.05, 0) is 62.1 Å². The van der Waals surface area contributed by atoms with Gasteiger partial charge in [-0.25, -0.2) is 9.18 Å². The molecule has 1 aliphatic rings. The zero-order valence-corrected chi connectivity index (χ0v) is 18.6. The van der Waals surface area contributed by atoms with Crippen molar-refractivity contribution in [1.82, 2.24) is 0 Å². The van der Waals surface area contributed by atoms with E-state index in [1.54, 1.807) is 6.07 Å². The summed E-state index contributed by atoms with van der Waals surface area (Å²) in [6, 6.07) is 9.21. The number of hydrogen-bond donors (Lipinski definition) is 3. The van der Waals surface area contributed by atoms with Gasteiger partial charge in [0.1, 0.15) is 5.82 Å². The predicted molar refractivity (Wildman–Crippen MR) is 123 cm³/mol. The van der Waals surface area contributed by atoms with Crippen LogP contribution in [0.2, 0.25) is 5.02 Å². The number of urea groups is 1. The number of benzene rings is 2. The van der Waals surface area contributed by atoms with Gasteiger partial charge in [-0.2, -0.15) is 0 Å². The number of halogens is 2. The van der Waals surface area contributed by atoms with Crippen LogP contribution in [0, 0.1) is 5.82 Å². The fraction of sp³-hybridized carbons (Fsp3) is 0.391. The highest BCUT2D eigenvalue weighted by Crippen LogP contribution is 2.32. The molecule has 2 aromatic rings. The van der Waals surface area contributed by atoms with Crippen LogP contribution in [0.3, 0.4) is 0 Å². The number of nitrogens with zero attached hydrogens (tertiary/aromatic N) is 1. The Morgan fingerprint density at radius 3 is 2.53 bits per heavy atom. The summed E-state index contributed by atoms with van der Waals surface area (Å²) in [5.41, 5.74) is 2.15. The number of ether oxygens (including phenoxy) is 1. The fourth-order valence-electron chi connectivity index (χ4n) is 3.83. The smallest absolute Gasteiger partial charge is 0.323 e. The number of carboxylic acid groups (broad SMARTS) is 1. The lowest BCUT2D eigenvalue weighted by atomic mass is 10.0. The molecule has 0 aliphatic carbocycles. The molecule has 1 fully saturated rings. The Balaban J connectivity index is 1.86. The molecule has 0 radical (unpaired) electrons. The van der Waals surface area contributed by atoms with E-state index in [-0.39, 0.29) is 23.2 Å². The van der Waals surface area contributed by atoms with Gasteiger partial charge in [-0.1, -0.05) is 17.7 Å². The van der Waals surface area contributed by atoms with E-state index in [0.717, 1.165) is 36.7 Å². The van der Waals surface area contributed by atoms with Crippen molar-refractivity contribution < 1.29 is 23.8 Å². The van der Waals surface area contributed by atoms with E-state index in [1.807, 2.05) is 19.1 Å². The first kappa shape index (κ1) is 23.8. The van der Waals surface area contributed by atoms with Crippen molar-refractivity contribution in [1.29, 1.82) is 0 Å². The monoisotopic (exact) mass is 463 g/mol. The zero-order chi connectivity index (χ0) is 23.1. The number of aliphatic carboxylic acids is 1. The van der Waals surface area contributed by atoms with Crippen molar-refractivity contribution >= 4 is 40.7 Å². The second kappa shape index (κ2) is 11.2. The predicted octanol–water partition coefficient (Wildman–Crippen LogP) is 5.15. The summed E-state index contributed by atoms with van der Waals surface area (Å²) in [6.45, 7) is 4.12. The molecule has 9 heteroatoms. The van der Waals surface area contributed by atoms with E-state index in [1.165, 1.54) is 12.1 Å². The highest BCUT2D eigenvalue weighted by Gasteiger charge is 2.23. The van der Waals surface area contributed by atoms with Crippen LogP contribution in [0.4, 0.5) is 26.2 Å². The minimum atomic E-state index is -0.892. The Morgan fingerprint density at radius 2 is 1.88 bits per heavy atom. The van der Waals surface area contributed by atoms with Crippen molar-refractivity contribution in [3.8, 4) is 0 Å². The van der Waals surface area contributed by atoms with Gasteiger partial charge in [0.15, 0.2) is 0 Å². The number of aryl methyl sites for hydroxylation is 1. The molecule has 3 N–H and O–H groups in total. The first-order valence-electron chi connectivity index (χ1n) is 10.6. The van der Waals surface area contributed by atoms with Crippen molar-refractivity contribution in [2.45, 2.75) is 38.6 Å². The lowest BCUT2D eigenvalue weighted by Crippen LogP contribution is -2.40. The third-order valence-electron chi connectivity index (χ3n) is 5.40. The molecule has 1 heterocycles. The highest BCUT2D eigenvalue weighted by molar-refractivity contribution is 6.30. The number of nitrogens with one attached hydrogen (secondary N) is 2. The van der Waals surface area contributed by atoms with E-state index >= 15 is 0 Å². The maximum Gasteiger partial charge on any atom is 0.323 e. The highest BCUT2D eigenvalue weighted by atomic mass is 35.5. The van der Waals surface area contributed by atoms with E-state index in [9.17, 15) is 14.0 Å². The number of amides is 2. The number of anilines is 3. The van der Waals surface area contributed by atoms with Crippen molar-refractivity contribution in [3.05, 3.63) is 52.8 Å². The maximum absolute atomic E-state index is 14.1. The molecule has 7 nitrogen and oxygen atoms in total. The molecule has 0 saturated carbocycles. The van der Waals surface area contributed by atoms with Gasteiger partial charge in [0.05, 0.1) is 17.1 Å². The lowest BCUT2D eigenvalue weighted by molar-refractivity contribution is -0.136. The van der Waals surface area contributed by atoms with Crippen LogP contribution in [0.5, 0.6) is 0 Å². The largest absolute Gasteiger partial charge is 0.481 e. The van der Waals surface area contributed by atoms with E-state index in [2.05, 4.69) is 15.5 Å². The number of carbonyl (C=O) groups excluding carboxylic acids is 1. The molecular weight excluding hydrogens is 437 g/mol. The summed E-state index contributed by atoms with van der Waals surface area (Å²) in [5, 5.41) is 14.6. The normalized spacial score (nSPS) is 14.1. The Morgan fingerprint density at radius 1 is 1.16 bits per heavy atom. The molecule has 1 saturated heterocycles. The van der Waals surface area contributed by atoms with Gasteiger partial charge in [-0.15, -0.1) is 0 Å². The molecule has 0 spiro atoms. The van der Waals surface area contributed by atoms with E-state index in [0.29, 0.717) is 25.3 Å². The average Bonchev–Trinajstić information content (AvgIpc) is 2.76. The molecule has 172 valence electrons. The third-order valence-corrected chi connectivity index (χ3v) is 5.63. The van der Waals surface area contributed by atoms with Gasteiger partial charge in [0.2, 0.25) is 0 Å². The molecule has 0 unspecified atom stereocenters. The minimum absolute atomic E-state index is 0.00672. The molecule has 3 rings (SSSR count). The first-order valence-corrected chi connectivity index (χ1v) is 11.0. The first-order chi connectivity index (χ1) is 15.4. The lowest BCUT2D eigenvalue weighted by Gasteiger charge is -2.36. The zero-order valence-electron chi connectivity index (χ0n) is 17.9. The Hall–Kier alpha value is -2.84. The molecule has 2 aromatic carbocycles. The Kier molecular flexibility index (Phi) is 8.30. The number of rotatable bonds is 8. The molecule has 2 amide bonds. The van der Waals surface area contributed by atoms with Gasteiger partial charge >= 0.3 is 12.0 Å². The second-order valence-electron chi connectivity index (χ2n) is 7.58. The number of hydrogen-bond acceptors (Lipinski definition) is 4. The third kappa shape index (κ3) is 6.34. The second-order valence-corrected chi connectivity index (χ2v) is 8.01. The molecule has 0 bridgehead atoms. The van der Waals surface area contributed by atoms with Crippen LogP contribution in [0.15, 0.2) is 36.4 Å². The Bertz CT molecular complexity index is 966. The summed E-state index contributed by atoms with van der Waals surface area (Å²) in [4.78, 5) is 25.9. The molecular formula is C23H27ClFN3O4. The quantitative estimate of drug-likeness (QED) is 0.504. The molecule has 1 aliphatic heterocycles. The summed E-state index contributed by atoms with van der Waals surface area (Å²) in [5.74, 6) is -1.53. The fourth-order valence-corrected chi connectivity index (χ4v) is 3.99. The minimum Gasteiger partial charge on any atom is -0.481 e. The van der Waals surface area contributed by atoms with Crippen molar-refractivity contribution in [3.63, 3.8) is 0 Å². The van der Waals surface area contributed by atoms with Crippen LogP contribution < -0.4 is 15.5 Å². The van der Waals surface area contributed by atoms with Gasteiger partial charge in [-0.3, -0.25) is 4.79 Å². The number of carbonyl (C=O) groups is 2. The Labute approximate surface area is 191 Å². The van der Waals surface area contributed by atoms with E-state index in [4.69, 9.17) is 21.4 Å². The van der Waals surface area contributed by atoms with Crippen LogP contribution in [-0.2, 0) is 16.0 Å². The SMILES string of the molecule is CCN(c1ccc(CCC(=O)O)cc1NC(=O)Nc1ccc(Cl)cc1F)C1CCOCC1. The standard InChI is InChI=1S/C23H27ClFN3O4/c1-2-28(17-9-11-32-12-10-17)21-7-3-15(4-8-22(29)30)13-20(21)27-23(31)26-19-6-5-16(24)14-18(19)25/h3,5-7,13-14,17H,2,4,8-12H2,1H3,(H,29,30)(H2,26,27,31). The summed E-state index contributed by atoms with van der Waals surface area (Å²) in [7, 11) is 0. The van der Waals surface area contributed by atoms with Crippen molar-refractivity contribution in [2.24, 2.45) is 0 Å². The molecule has 32 heavy (non-hydrogen) atoms. The van der Waals surface area contributed by atoms with Crippen LogP contribution in [0.25, 0.3) is 0 Å². The summed E-state index contributed by atoms with van der Waals surface area (Å²) in [6.07, 6.45) is 2.06. The van der Waals surface area contributed by atoms with Crippen LogP contribution >= 0.6 is 11.6 Å². The topological polar surface area (TPSA) is 90.9 Å². The van der Waals surface area contributed by atoms with Gasteiger partial charge in [0, 0.05) is 37.2 Å². The average molecular weight is 464 g/mol. The maximum atomic E-state index is 14.1. The van der Waals surface area contributed by atoms with Crippen LogP contribution in [0.1, 0.15) is 31.7 Å². The van der Waals surface area contributed by atoms with Gasteiger partial charge < -0.3 is 25.4 Å². The summed E-state index contributed by atoms with van der Waals surface area (Å²) < 4.78 is 19.6. The molecule has 0 aromatic heterocycles. The number of carboxylic acids is 1. The van der Waals surface area contributed by atoms with E-state index < -0.39 is 17.8 Å². The van der Waals surface area contributed by atoms with Crippen LogP contribution in [-0.4, -0.2) is 42.9 Å². The summed E-state index contributed by atoms with van der Waals surface area (Å²) >= 11 is 5.77. The van der Waals surface area contributed by atoms with Gasteiger partial charge in [0.25, 0.3) is 0 Å². The van der Waals surface area contributed by atoms with Crippen molar-refractivity contribution in [2.75, 3.05) is 35.3 Å². The molecule has 0 atom stereocenters.